The van der Waals surface area contributed by atoms with Gasteiger partial charge in [0.2, 0.25) is 0 Å². The maximum Gasteiger partial charge on any atom is -0.147 e. The Bertz CT molecular complexity index is 1230. The zero-order valence-corrected chi connectivity index (χ0v) is 31.0. The Morgan fingerprint density at radius 3 is 1.32 bits per heavy atom. The standard InChI is InChI=1S/C36H45Si.3ClH.Ti/c1-9-28(8)35-20-13-21-36(35)37(32-17-10-14-29(22-32)25(2)3,33-18-11-15-30(23-33)26(4)5)34-19-12-16-31(24-34)27(6)7;;;;/h10-12,14-19,21-28H,9,13H2,1-8H3;3*1H;. The van der Waals surface area contributed by atoms with E-state index in [2.05, 4.69) is 155 Å². The second-order valence-electron chi connectivity index (χ2n) is 12.1. The van der Waals surface area contributed by atoms with Gasteiger partial charge in [-0.1, -0.05) is 0 Å². The van der Waals surface area contributed by atoms with Crippen LogP contribution in [0.25, 0.3) is 0 Å². The maximum atomic E-state index is 2.62. The van der Waals surface area contributed by atoms with Crippen molar-refractivity contribution in [1.82, 2.24) is 0 Å². The predicted molar refractivity (Wildman–Crippen MR) is 187 cm³/mol. The minimum Gasteiger partial charge on any atom is -0.147 e. The van der Waals surface area contributed by atoms with Crippen LogP contribution >= 0.6 is 37.2 Å². The second-order valence-corrected chi connectivity index (χ2v) is 16.8. The Labute approximate surface area is 281 Å². The SMILES string of the molecule is CCC(C)C1=[C]([Ti])CC=C1[Si](c1cccc(C(C)C)c1)(c1cccc(C(C)C)c1)c1cccc(C(C)C)c1.Cl.Cl.Cl. The molecule has 0 aromatic heterocycles. The summed E-state index contributed by atoms with van der Waals surface area (Å²) in [5.41, 5.74) is 5.93. The van der Waals surface area contributed by atoms with Crippen molar-refractivity contribution in [2.75, 3.05) is 0 Å². The molecule has 3 aromatic rings. The van der Waals surface area contributed by atoms with Crippen LogP contribution in [0, 0.1) is 5.92 Å². The third kappa shape index (κ3) is 7.54. The normalized spacial score (nSPS) is 14.0. The molecule has 1 unspecified atom stereocenters. The van der Waals surface area contributed by atoms with Gasteiger partial charge in [0.1, 0.15) is 0 Å². The van der Waals surface area contributed by atoms with E-state index in [0.717, 1.165) is 6.42 Å². The minimum absolute atomic E-state index is 0. The van der Waals surface area contributed by atoms with Crippen molar-refractivity contribution in [3.8, 4) is 0 Å². The molecule has 4 rings (SSSR count). The Morgan fingerprint density at radius 2 is 1.00 bits per heavy atom. The molecule has 41 heavy (non-hydrogen) atoms. The Morgan fingerprint density at radius 1 is 0.634 bits per heavy atom. The first-order valence-corrected chi connectivity index (χ1v) is 17.4. The molecule has 0 aliphatic heterocycles. The van der Waals surface area contributed by atoms with Gasteiger partial charge >= 0.3 is 246 Å². The van der Waals surface area contributed by atoms with E-state index in [-0.39, 0.29) is 37.2 Å². The number of halogens is 3. The number of hydrogen-bond donors (Lipinski definition) is 0. The van der Waals surface area contributed by atoms with Crippen LogP contribution < -0.4 is 15.6 Å². The van der Waals surface area contributed by atoms with Gasteiger partial charge < -0.3 is 0 Å². The number of hydrogen-bond acceptors (Lipinski definition) is 0. The zero-order chi connectivity index (χ0) is 27.6. The molecule has 0 nitrogen and oxygen atoms in total. The average molecular weight is 663 g/mol. The molecule has 0 saturated heterocycles. The largest absolute Gasteiger partial charge is 0.147 e. The Hall–Kier alpha value is -1.06. The van der Waals surface area contributed by atoms with E-state index in [1.54, 1.807) is 14.6 Å². The number of allylic oxidation sites excluding steroid dienone is 4. The van der Waals surface area contributed by atoms with E-state index in [4.69, 9.17) is 0 Å². The molecule has 0 fully saturated rings. The quantitative estimate of drug-likeness (QED) is 0.158. The van der Waals surface area contributed by atoms with Gasteiger partial charge in [0, 0.05) is 0 Å². The molecule has 0 bridgehead atoms. The number of benzene rings is 3. The van der Waals surface area contributed by atoms with E-state index in [1.807, 2.05) is 0 Å². The molecule has 1 atom stereocenters. The van der Waals surface area contributed by atoms with Crippen LogP contribution in [0.4, 0.5) is 0 Å². The van der Waals surface area contributed by atoms with Crippen LogP contribution in [0.1, 0.15) is 103 Å². The van der Waals surface area contributed by atoms with Gasteiger partial charge in [0.05, 0.1) is 0 Å². The Kier molecular flexibility index (Phi) is 14.9. The summed E-state index contributed by atoms with van der Waals surface area (Å²) < 4.78 is 1.56. The first-order valence-electron chi connectivity index (χ1n) is 14.6. The summed E-state index contributed by atoms with van der Waals surface area (Å²) in [5.74, 6) is 2.03. The average Bonchev–Trinajstić information content (AvgIpc) is 3.30. The summed E-state index contributed by atoms with van der Waals surface area (Å²) >= 11 is 2.38. The van der Waals surface area contributed by atoms with Crippen molar-refractivity contribution < 1.29 is 20.4 Å². The summed E-state index contributed by atoms with van der Waals surface area (Å²) in [6, 6.07) is 28.9. The van der Waals surface area contributed by atoms with E-state index in [9.17, 15) is 0 Å². The fourth-order valence-corrected chi connectivity index (χ4v) is 12.3. The van der Waals surface area contributed by atoms with Crippen LogP contribution in [0.15, 0.2) is 93.5 Å². The summed E-state index contributed by atoms with van der Waals surface area (Å²) in [6.45, 7) is 18.7. The van der Waals surface area contributed by atoms with Crippen LogP contribution in [0.2, 0.25) is 0 Å². The Balaban J connectivity index is 0.00000280. The summed E-state index contributed by atoms with van der Waals surface area (Å²) in [5, 5.41) is 6.19. The van der Waals surface area contributed by atoms with Gasteiger partial charge in [-0.2, -0.15) is 0 Å². The minimum atomic E-state index is -2.60. The molecule has 5 heteroatoms. The molecule has 221 valence electrons. The smallest absolute Gasteiger partial charge is 0.147 e. The zero-order valence-electron chi connectivity index (χ0n) is 26.0. The van der Waals surface area contributed by atoms with Crippen molar-refractivity contribution >= 4 is 60.9 Å². The molecule has 0 radical (unpaired) electrons. The van der Waals surface area contributed by atoms with E-state index in [1.165, 1.54) is 38.7 Å². The van der Waals surface area contributed by atoms with Crippen LogP contribution in [-0.4, -0.2) is 8.07 Å². The third-order valence-electron chi connectivity index (χ3n) is 8.59. The summed E-state index contributed by atoms with van der Waals surface area (Å²) in [4.78, 5) is 0. The molecular formula is C36H48Cl3SiTi. The van der Waals surface area contributed by atoms with E-state index >= 15 is 0 Å². The molecule has 3 aromatic carbocycles. The van der Waals surface area contributed by atoms with Gasteiger partial charge in [0.25, 0.3) is 0 Å². The molecule has 1 aliphatic carbocycles. The first-order chi connectivity index (χ1) is 18.1. The van der Waals surface area contributed by atoms with Gasteiger partial charge in [0.15, 0.2) is 0 Å². The van der Waals surface area contributed by atoms with Gasteiger partial charge in [-0.3, -0.25) is 0 Å². The van der Waals surface area contributed by atoms with Crippen LogP contribution in [0.5, 0.6) is 0 Å². The molecule has 1 aliphatic rings. The van der Waals surface area contributed by atoms with Gasteiger partial charge in [-0.15, -0.1) is 37.2 Å². The van der Waals surface area contributed by atoms with Crippen molar-refractivity contribution in [2.24, 2.45) is 5.92 Å². The molecular weight excluding hydrogens is 615 g/mol. The van der Waals surface area contributed by atoms with Crippen LogP contribution in [-0.2, 0) is 20.4 Å². The molecule has 0 heterocycles. The molecule has 0 spiro atoms. The molecule has 0 saturated carbocycles. The monoisotopic (exact) mass is 661 g/mol. The first kappa shape index (κ1) is 38.0. The van der Waals surface area contributed by atoms with Gasteiger partial charge in [-0.05, 0) is 0 Å². The maximum absolute atomic E-state index is 2.62. The second kappa shape index (κ2) is 16.1. The topological polar surface area (TPSA) is 0 Å². The number of rotatable bonds is 9. The predicted octanol–water partition coefficient (Wildman–Crippen LogP) is 9.51. The van der Waals surface area contributed by atoms with Crippen LogP contribution in [0.3, 0.4) is 0 Å². The van der Waals surface area contributed by atoms with Crippen molar-refractivity contribution in [2.45, 2.75) is 86.0 Å². The third-order valence-corrected chi connectivity index (χ3v) is 14.1. The van der Waals surface area contributed by atoms with Crippen molar-refractivity contribution in [3.05, 3.63) is 110 Å². The summed E-state index contributed by atoms with van der Waals surface area (Å²) in [7, 11) is -2.60. The van der Waals surface area contributed by atoms with E-state index < -0.39 is 8.07 Å². The molecule has 0 amide bonds. The van der Waals surface area contributed by atoms with E-state index in [0.29, 0.717) is 23.7 Å². The van der Waals surface area contributed by atoms with Crippen molar-refractivity contribution in [3.63, 3.8) is 0 Å². The fourth-order valence-electron chi connectivity index (χ4n) is 6.07. The summed E-state index contributed by atoms with van der Waals surface area (Å²) in [6.07, 6.45) is 4.86. The van der Waals surface area contributed by atoms with Gasteiger partial charge in [-0.25, -0.2) is 0 Å². The molecule has 0 N–H and O–H groups in total. The van der Waals surface area contributed by atoms with Crippen molar-refractivity contribution in [1.29, 1.82) is 0 Å². The fraction of sp³-hybridized carbons (Fsp3) is 0.389.